The van der Waals surface area contributed by atoms with E-state index in [0.29, 0.717) is 24.6 Å². The molecule has 36 heavy (non-hydrogen) atoms. The molecule has 0 aliphatic rings. The number of fused-ring (bicyclic) bond motifs is 1. The van der Waals surface area contributed by atoms with Crippen molar-refractivity contribution in [3.63, 3.8) is 0 Å². The average molecular weight is 503 g/mol. The van der Waals surface area contributed by atoms with E-state index in [1.807, 2.05) is 63.2 Å². The molecule has 5 aromatic rings. The number of H-pyrrole nitrogens is 1. The normalized spacial score (nSPS) is 11.9. The molecule has 8 nitrogen and oxygen atoms in total. The number of benzene rings is 3. The minimum atomic E-state index is -3.97. The van der Waals surface area contributed by atoms with Crippen molar-refractivity contribution in [1.29, 1.82) is 0 Å². The maximum absolute atomic E-state index is 11.1. The highest BCUT2D eigenvalue weighted by Gasteiger charge is 2.16. The van der Waals surface area contributed by atoms with Crippen LogP contribution in [-0.4, -0.2) is 36.1 Å². The fourth-order valence-corrected chi connectivity index (χ4v) is 5.04. The van der Waals surface area contributed by atoms with E-state index in [2.05, 4.69) is 27.3 Å². The van der Waals surface area contributed by atoms with Gasteiger partial charge in [0.15, 0.2) is 0 Å². The molecule has 3 aromatic carbocycles. The highest BCUT2D eigenvalue weighted by Crippen LogP contribution is 2.36. The molecule has 0 radical (unpaired) electrons. The van der Waals surface area contributed by atoms with Crippen molar-refractivity contribution in [2.45, 2.75) is 33.6 Å². The number of rotatable bonds is 7. The van der Waals surface area contributed by atoms with Crippen LogP contribution in [-0.2, 0) is 11.0 Å². The summed E-state index contributed by atoms with van der Waals surface area (Å²) in [4.78, 5) is 26.4. The first kappa shape index (κ1) is 24.1. The van der Waals surface area contributed by atoms with Crippen molar-refractivity contribution >= 4 is 18.6 Å². The molecular weight excluding hydrogens is 475 g/mol. The molecule has 9 heteroatoms. The lowest BCUT2D eigenvalue weighted by atomic mass is 9.97. The first-order valence-electron chi connectivity index (χ1n) is 11.7. The molecule has 2 heterocycles. The van der Waals surface area contributed by atoms with E-state index in [-0.39, 0.29) is 6.16 Å². The van der Waals surface area contributed by atoms with Gasteiger partial charge in [-0.1, -0.05) is 29.8 Å². The lowest BCUT2D eigenvalue weighted by molar-refractivity contribution is 0.371. The monoisotopic (exact) mass is 502 g/mol. The molecule has 3 N–H and O–H groups in total. The van der Waals surface area contributed by atoms with Crippen LogP contribution in [0.3, 0.4) is 0 Å². The Hall–Kier alpha value is -3.58. The molecule has 0 saturated heterocycles. The van der Waals surface area contributed by atoms with E-state index in [0.717, 1.165) is 50.2 Å². The van der Waals surface area contributed by atoms with Gasteiger partial charge in [-0.3, -0.25) is 4.57 Å². The van der Waals surface area contributed by atoms with Crippen molar-refractivity contribution in [2.24, 2.45) is 0 Å². The van der Waals surface area contributed by atoms with Crippen LogP contribution in [0.5, 0.6) is 0 Å². The number of nitrogens with one attached hydrogen (secondary N) is 1. The third kappa shape index (κ3) is 5.16. The number of aryl methyl sites for hydroxylation is 4. The lowest BCUT2D eigenvalue weighted by Gasteiger charge is -2.11. The summed E-state index contributed by atoms with van der Waals surface area (Å²) in [6.07, 6.45) is 0.952. The zero-order valence-corrected chi connectivity index (χ0v) is 21.2. The quantitative estimate of drug-likeness (QED) is 0.234. The van der Waals surface area contributed by atoms with Gasteiger partial charge in [0.05, 0.1) is 17.2 Å². The van der Waals surface area contributed by atoms with Gasteiger partial charge in [0, 0.05) is 16.7 Å². The Labute approximate surface area is 208 Å². The summed E-state index contributed by atoms with van der Waals surface area (Å²) in [5.74, 6) is 1.68. The van der Waals surface area contributed by atoms with Crippen molar-refractivity contribution < 1.29 is 18.8 Å². The molecular formula is C27H27N4O4P. The first-order valence-corrected chi connectivity index (χ1v) is 13.5. The van der Waals surface area contributed by atoms with Gasteiger partial charge in [0.25, 0.3) is 0 Å². The standard InChI is InChI=1S/C27H27N4O4P/c1-16-6-8-20(9-7-16)26-30-31-27(35-26)21-10-11-22-23(15-21)29-25(28-22)24-17(2)13-19(14-18(24)3)5-4-12-36(32,33)34/h6-11,13-15H,4-5,12H2,1-3H3,(H,28,29)(H2,32,33,34). The maximum atomic E-state index is 11.1. The summed E-state index contributed by atoms with van der Waals surface area (Å²) in [5.41, 5.74) is 8.72. The van der Waals surface area contributed by atoms with Crippen molar-refractivity contribution in [3.8, 4) is 34.3 Å². The molecule has 0 bridgehead atoms. The topological polar surface area (TPSA) is 125 Å². The molecule has 2 aromatic heterocycles. The second-order valence-corrected chi connectivity index (χ2v) is 11.0. The predicted octanol–water partition coefficient (Wildman–Crippen LogP) is 5.98. The highest BCUT2D eigenvalue weighted by molar-refractivity contribution is 7.51. The molecule has 0 aliphatic heterocycles. The van der Waals surface area contributed by atoms with E-state index >= 15 is 0 Å². The van der Waals surface area contributed by atoms with Gasteiger partial charge in [0.1, 0.15) is 5.82 Å². The van der Waals surface area contributed by atoms with Crippen LogP contribution < -0.4 is 0 Å². The molecule has 0 amide bonds. The van der Waals surface area contributed by atoms with Gasteiger partial charge in [-0.25, -0.2) is 4.98 Å². The zero-order valence-electron chi connectivity index (χ0n) is 20.3. The van der Waals surface area contributed by atoms with Crippen LogP contribution in [0.25, 0.3) is 45.3 Å². The molecule has 0 atom stereocenters. The van der Waals surface area contributed by atoms with E-state index in [1.165, 1.54) is 5.56 Å². The van der Waals surface area contributed by atoms with Gasteiger partial charge < -0.3 is 19.2 Å². The third-order valence-corrected chi connectivity index (χ3v) is 7.10. The molecule has 0 saturated carbocycles. The summed E-state index contributed by atoms with van der Waals surface area (Å²) >= 11 is 0. The zero-order chi connectivity index (χ0) is 25.4. The van der Waals surface area contributed by atoms with Crippen LogP contribution in [0.2, 0.25) is 0 Å². The van der Waals surface area contributed by atoms with Crippen LogP contribution in [0.4, 0.5) is 0 Å². The number of nitrogens with zero attached hydrogens (tertiary/aromatic N) is 3. The highest BCUT2D eigenvalue weighted by atomic mass is 31.2. The fraction of sp³-hybridized carbons (Fsp3) is 0.222. The van der Waals surface area contributed by atoms with Crippen LogP contribution in [0.15, 0.2) is 59.0 Å². The van der Waals surface area contributed by atoms with Crippen molar-refractivity contribution in [2.75, 3.05) is 6.16 Å². The Morgan fingerprint density at radius 3 is 2.19 bits per heavy atom. The SMILES string of the molecule is Cc1ccc(-c2nnc(-c3ccc4nc(-c5c(C)cc(CCCP(=O)(O)O)cc5C)[nH]c4c3)o2)cc1. The molecule has 0 aliphatic carbocycles. The van der Waals surface area contributed by atoms with E-state index in [4.69, 9.17) is 19.2 Å². The molecule has 0 spiro atoms. The van der Waals surface area contributed by atoms with Crippen molar-refractivity contribution in [3.05, 3.63) is 76.9 Å². The lowest BCUT2D eigenvalue weighted by Crippen LogP contribution is -1.96. The average Bonchev–Trinajstić information content (AvgIpc) is 3.45. The summed E-state index contributed by atoms with van der Waals surface area (Å²) in [6.45, 7) is 6.08. The first-order chi connectivity index (χ1) is 17.2. The van der Waals surface area contributed by atoms with Gasteiger partial charge in [-0.2, -0.15) is 0 Å². The summed E-state index contributed by atoms with van der Waals surface area (Å²) < 4.78 is 17.1. The predicted molar refractivity (Wildman–Crippen MR) is 140 cm³/mol. The third-order valence-electron chi connectivity index (χ3n) is 6.20. The minimum absolute atomic E-state index is 0.106. The van der Waals surface area contributed by atoms with Crippen LogP contribution >= 0.6 is 7.60 Å². The number of hydrogen-bond donors (Lipinski definition) is 3. The van der Waals surface area contributed by atoms with E-state index < -0.39 is 7.60 Å². The number of aromatic amines is 1. The van der Waals surface area contributed by atoms with Gasteiger partial charge in [0.2, 0.25) is 11.8 Å². The Morgan fingerprint density at radius 1 is 0.889 bits per heavy atom. The largest absolute Gasteiger partial charge is 0.416 e. The summed E-state index contributed by atoms with van der Waals surface area (Å²) in [6, 6.07) is 17.9. The number of aromatic nitrogens is 4. The van der Waals surface area contributed by atoms with E-state index in [1.54, 1.807) is 0 Å². The van der Waals surface area contributed by atoms with Gasteiger partial charge in [-0.05, 0) is 80.6 Å². The molecule has 0 fully saturated rings. The maximum Gasteiger partial charge on any atom is 0.325 e. The summed E-state index contributed by atoms with van der Waals surface area (Å²) in [7, 11) is -3.97. The molecule has 184 valence electrons. The Balaban J connectivity index is 1.41. The minimum Gasteiger partial charge on any atom is -0.416 e. The molecule has 0 unspecified atom stereocenters. The van der Waals surface area contributed by atoms with Crippen LogP contribution in [0, 0.1) is 20.8 Å². The fourth-order valence-electron chi connectivity index (χ4n) is 4.47. The smallest absolute Gasteiger partial charge is 0.325 e. The van der Waals surface area contributed by atoms with Gasteiger partial charge >= 0.3 is 7.60 Å². The second kappa shape index (κ2) is 9.47. The number of imidazole rings is 1. The Morgan fingerprint density at radius 2 is 1.53 bits per heavy atom. The summed E-state index contributed by atoms with van der Waals surface area (Å²) in [5, 5.41) is 8.44. The second-order valence-electron chi connectivity index (χ2n) is 9.19. The van der Waals surface area contributed by atoms with Gasteiger partial charge in [-0.15, -0.1) is 10.2 Å². The van der Waals surface area contributed by atoms with Crippen molar-refractivity contribution in [1.82, 2.24) is 20.2 Å². The van der Waals surface area contributed by atoms with E-state index in [9.17, 15) is 4.57 Å². The van der Waals surface area contributed by atoms with Crippen LogP contribution in [0.1, 0.15) is 28.7 Å². The Kier molecular flexibility index (Phi) is 6.35. The molecule has 5 rings (SSSR count). The Bertz CT molecular complexity index is 1580. The number of hydrogen-bond acceptors (Lipinski definition) is 5.